The Bertz CT molecular complexity index is 917. The first kappa shape index (κ1) is 23.5. The normalized spacial score (nSPS) is 11.5. The summed E-state index contributed by atoms with van der Waals surface area (Å²) in [6, 6.07) is 10.0. The van der Waals surface area contributed by atoms with Gasteiger partial charge in [-0.1, -0.05) is 37.0 Å². The molecule has 1 unspecified atom stereocenters. The van der Waals surface area contributed by atoms with Crippen molar-refractivity contribution in [1.82, 2.24) is 16.2 Å². The Kier molecular flexibility index (Phi) is 8.50. The minimum Gasteiger partial charge on any atom is -0.496 e. The molecule has 0 aliphatic carbocycles. The summed E-state index contributed by atoms with van der Waals surface area (Å²) in [5.41, 5.74) is 5.21. The minimum absolute atomic E-state index is 0.120. The minimum atomic E-state index is -0.852. The number of hydrogen-bond donors (Lipinski definition) is 3. The first-order valence-electron chi connectivity index (χ1n) is 9.21. The fourth-order valence-electron chi connectivity index (χ4n) is 2.68. The summed E-state index contributed by atoms with van der Waals surface area (Å²) in [5, 5.41) is 3.54. The fraction of sp³-hybridized carbons (Fsp3) is 0.286. The molecule has 0 saturated heterocycles. The molecule has 0 bridgehead atoms. The number of nitrogens with one attached hydrogen (secondary N) is 3. The number of hydrogen-bond acceptors (Lipinski definition) is 4. The van der Waals surface area contributed by atoms with Gasteiger partial charge in [0.25, 0.3) is 17.7 Å². The zero-order valence-electron chi connectivity index (χ0n) is 16.8. The lowest BCUT2D eigenvalue weighted by molar-refractivity contribution is -0.124. The Balaban J connectivity index is 2.06. The van der Waals surface area contributed by atoms with Crippen LogP contribution in [0.15, 0.2) is 42.5 Å². The standard InChI is InChI=1S/C21H23Cl2N3O4/c1-12(2)10-17(24-19(27)13-4-6-14(22)7-5-13)21(29)26-25-20(28)16-11-15(23)8-9-18(16)30-3/h4-9,11-12,17H,10H2,1-3H3,(H,24,27)(H,25,28)(H,26,29). The molecule has 0 heterocycles. The van der Waals surface area contributed by atoms with Crippen LogP contribution in [-0.4, -0.2) is 30.9 Å². The predicted octanol–water partition coefficient (Wildman–Crippen LogP) is 3.61. The molecule has 2 rings (SSSR count). The molecule has 0 aliphatic rings. The maximum atomic E-state index is 12.6. The van der Waals surface area contributed by atoms with E-state index in [9.17, 15) is 14.4 Å². The molecule has 0 aliphatic heterocycles. The van der Waals surface area contributed by atoms with Crippen molar-refractivity contribution in [2.45, 2.75) is 26.3 Å². The van der Waals surface area contributed by atoms with Gasteiger partial charge in [-0.05, 0) is 54.8 Å². The summed E-state index contributed by atoms with van der Waals surface area (Å²) in [6.07, 6.45) is 0.377. The second kappa shape index (κ2) is 10.8. The average Bonchev–Trinajstić information content (AvgIpc) is 2.71. The molecular formula is C21H23Cl2N3O4. The van der Waals surface area contributed by atoms with Crippen LogP contribution in [0.1, 0.15) is 41.0 Å². The van der Waals surface area contributed by atoms with E-state index in [0.29, 0.717) is 27.8 Å². The van der Waals surface area contributed by atoms with Crippen LogP contribution < -0.4 is 20.9 Å². The number of rotatable bonds is 7. The van der Waals surface area contributed by atoms with Crippen LogP contribution in [0.2, 0.25) is 10.0 Å². The molecule has 0 fully saturated rings. The Hall–Kier alpha value is -2.77. The van der Waals surface area contributed by atoms with Gasteiger partial charge in [-0.15, -0.1) is 0 Å². The number of hydrazine groups is 1. The summed E-state index contributed by atoms with van der Waals surface area (Å²) < 4.78 is 5.14. The van der Waals surface area contributed by atoms with Crippen LogP contribution in [0.4, 0.5) is 0 Å². The maximum Gasteiger partial charge on any atom is 0.273 e. The van der Waals surface area contributed by atoms with Crippen LogP contribution in [0.5, 0.6) is 5.75 Å². The van der Waals surface area contributed by atoms with E-state index in [4.69, 9.17) is 27.9 Å². The highest BCUT2D eigenvalue weighted by atomic mass is 35.5. The van der Waals surface area contributed by atoms with Crippen molar-refractivity contribution in [3.8, 4) is 5.75 Å². The molecule has 3 N–H and O–H groups in total. The molecule has 160 valence electrons. The number of ether oxygens (including phenoxy) is 1. The number of amides is 3. The molecule has 9 heteroatoms. The monoisotopic (exact) mass is 451 g/mol. The van der Waals surface area contributed by atoms with E-state index in [-0.39, 0.29) is 11.5 Å². The second-order valence-electron chi connectivity index (χ2n) is 6.95. The van der Waals surface area contributed by atoms with Crippen LogP contribution in [0, 0.1) is 5.92 Å². The largest absolute Gasteiger partial charge is 0.496 e. The second-order valence-corrected chi connectivity index (χ2v) is 7.82. The Morgan fingerprint density at radius 2 is 1.57 bits per heavy atom. The third-order valence-electron chi connectivity index (χ3n) is 4.14. The van der Waals surface area contributed by atoms with Crippen molar-refractivity contribution in [2.75, 3.05) is 7.11 Å². The molecule has 7 nitrogen and oxygen atoms in total. The molecule has 0 radical (unpaired) electrons. The van der Waals surface area contributed by atoms with Crippen molar-refractivity contribution < 1.29 is 19.1 Å². The van der Waals surface area contributed by atoms with E-state index in [2.05, 4.69) is 16.2 Å². The molecule has 0 spiro atoms. The third-order valence-corrected chi connectivity index (χ3v) is 4.63. The SMILES string of the molecule is COc1ccc(Cl)cc1C(=O)NNC(=O)C(CC(C)C)NC(=O)c1ccc(Cl)cc1. The topological polar surface area (TPSA) is 96.5 Å². The van der Waals surface area contributed by atoms with E-state index in [1.54, 1.807) is 36.4 Å². The first-order valence-corrected chi connectivity index (χ1v) is 9.97. The Labute approximate surface area is 185 Å². The molecule has 0 aromatic heterocycles. The number of methoxy groups -OCH3 is 1. The van der Waals surface area contributed by atoms with E-state index >= 15 is 0 Å². The van der Waals surface area contributed by atoms with Gasteiger partial charge in [-0.3, -0.25) is 25.2 Å². The lowest BCUT2D eigenvalue weighted by Gasteiger charge is -2.20. The van der Waals surface area contributed by atoms with Crippen LogP contribution in [-0.2, 0) is 4.79 Å². The zero-order valence-corrected chi connectivity index (χ0v) is 18.3. The number of benzene rings is 2. The highest BCUT2D eigenvalue weighted by Gasteiger charge is 2.23. The highest BCUT2D eigenvalue weighted by Crippen LogP contribution is 2.22. The Morgan fingerprint density at radius 3 is 2.17 bits per heavy atom. The van der Waals surface area contributed by atoms with Crippen LogP contribution >= 0.6 is 23.2 Å². The summed E-state index contributed by atoms with van der Waals surface area (Å²) in [7, 11) is 1.42. The lowest BCUT2D eigenvalue weighted by Crippen LogP contribution is -2.52. The fourth-order valence-corrected chi connectivity index (χ4v) is 2.97. The van der Waals surface area contributed by atoms with Gasteiger partial charge in [-0.2, -0.15) is 0 Å². The summed E-state index contributed by atoms with van der Waals surface area (Å²) in [5.74, 6) is -1.15. The van der Waals surface area contributed by atoms with Crippen molar-refractivity contribution in [3.05, 3.63) is 63.6 Å². The molecule has 0 saturated carbocycles. The van der Waals surface area contributed by atoms with E-state index in [0.717, 1.165) is 0 Å². The van der Waals surface area contributed by atoms with Gasteiger partial charge in [0.05, 0.1) is 12.7 Å². The third kappa shape index (κ3) is 6.64. The van der Waals surface area contributed by atoms with E-state index < -0.39 is 23.8 Å². The molecule has 1 atom stereocenters. The predicted molar refractivity (Wildman–Crippen MR) is 116 cm³/mol. The van der Waals surface area contributed by atoms with Gasteiger partial charge in [0.1, 0.15) is 11.8 Å². The molecular weight excluding hydrogens is 429 g/mol. The quantitative estimate of drug-likeness (QED) is 0.560. The lowest BCUT2D eigenvalue weighted by atomic mass is 10.0. The van der Waals surface area contributed by atoms with Gasteiger partial charge in [0, 0.05) is 15.6 Å². The van der Waals surface area contributed by atoms with Crippen molar-refractivity contribution in [3.63, 3.8) is 0 Å². The van der Waals surface area contributed by atoms with Crippen molar-refractivity contribution in [1.29, 1.82) is 0 Å². The van der Waals surface area contributed by atoms with E-state index in [1.165, 1.54) is 13.2 Å². The van der Waals surface area contributed by atoms with Crippen molar-refractivity contribution >= 4 is 40.9 Å². The van der Waals surface area contributed by atoms with Gasteiger partial charge in [0.2, 0.25) is 0 Å². The molecule has 3 amide bonds. The zero-order chi connectivity index (χ0) is 22.3. The number of carbonyl (C=O) groups is 3. The van der Waals surface area contributed by atoms with Gasteiger partial charge >= 0.3 is 0 Å². The van der Waals surface area contributed by atoms with Crippen LogP contribution in [0.3, 0.4) is 0 Å². The summed E-state index contributed by atoms with van der Waals surface area (Å²) >= 11 is 11.8. The number of halogens is 2. The molecule has 2 aromatic carbocycles. The number of carbonyl (C=O) groups excluding carboxylic acids is 3. The summed E-state index contributed by atoms with van der Waals surface area (Å²) in [6.45, 7) is 3.84. The van der Waals surface area contributed by atoms with E-state index in [1.807, 2.05) is 13.8 Å². The van der Waals surface area contributed by atoms with Gasteiger partial charge < -0.3 is 10.1 Å². The average molecular weight is 452 g/mol. The van der Waals surface area contributed by atoms with Crippen LogP contribution in [0.25, 0.3) is 0 Å². The smallest absolute Gasteiger partial charge is 0.273 e. The highest BCUT2D eigenvalue weighted by molar-refractivity contribution is 6.31. The van der Waals surface area contributed by atoms with Gasteiger partial charge in [0.15, 0.2) is 0 Å². The summed E-state index contributed by atoms with van der Waals surface area (Å²) in [4.78, 5) is 37.6. The molecule has 30 heavy (non-hydrogen) atoms. The van der Waals surface area contributed by atoms with Crippen molar-refractivity contribution in [2.24, 2.45) is 5.92 Å². The Morgan fingerprint density at radius 1 is 0.933 bits per heavy atom. The maximum absolute atomic E-state index is 12.6. The molecule has 2 aromatic rings. The first-order chi connectivity index (χ1) is 14.2. The van der Waals surface area contributed by atoms with Gasteiger partial charge in [-0.25, -0.2) is 0 Å².